The number of hydrogen-bond donors (Lipinski definition) is 5. The van der Waals surface area contributed by atoms with Gasteiger partial charge in [0.2, 0.25) is 0 Å². The third-order valence-electron chi connectivity index (χ3n) is 2.82. The minimum Gasteiger partial charge on any atom is -0.442 e. The molecule has 1 aliphatic heterocycles. The second-order valence-electron chi connectivity index (χ2n) is 4.32. The molecule has 0 saturated carbocycles. The Morgan fingerprint density at radius 3 is 2.90 bits per heavy atom. The van der Waals surface area contributed by atoms with Crippen LogP contribution in [0, 0.1) is 0 Å². The number of aliphatic hydroxyl groups is 2. The van der Waals surface area contributed by atoms with Crippen molar-refractivity contribution in [3.8, 4) is 0 Å². The highest BCUT2D eigenvalue weighted by atomic mass is 19.2. The number of amides is 1. The van der Waals surface area contributed by atoms with Crippen molar-refractivity contribution in [2.45, 2.75) is 6.10 Å². The predicted octanol–water partition coefficient (Wildman–Crippen LogP) is 0.192. The summed E-state index contributed by atoms with van der Waals surface area (Å²) in [5.41, 5.74) is 5.28. The number of aliphatic hydroxyl groups excluding tert-OH is 2. The van der Waals surface area contributed by atoms with E-state index >= 15 is 0 Å². The highest BCUT2D eigenvalue weighted by Crippen LogP contribution is 2.24. The lowest BCUT2D eigenvalue weighted by atomic mass is 10.1. The van der Waals surface area contributed by atoms with Gasteiger partial charge in [-0.3, -0.25) is 0 Å². The van der Waals surface area contributed by atoms with Crippen LogP contribution < -0.4 is 16.3 Å². The molecule has 9 heteroatoms. The van der Waals surface area contributed by atoms with Gasteiger partial charge in [-0.15, -0.1) is 4.48 Å². The first-order valence-electron chi connectivity index (χ1n) is 6.17. The quantitative estimate of drug-likeness (QED) is 0.479. The van der Waals surface area contributed by atoms with Crippen LogP contribution in [0.1, 0.15) is 5.56 Å². The summed E-state index contributed by atoms with van der Waals surface area (Å²) in [5.74, 6) is 0. The van der Waals surface area contributed by atoms with Gasteiger partial charge in [-0.2, -0.15) is 5.10 Å². The van der Waals surface area contributed by atoms with Crippen molar-refractivity contribution in [3.05, 3.63) is 23.8 Å². The number of halogens is 1. The van der Waals surface area contributed by atoms with E-state index in [0.717, 1.165) is 0 Å². The molecule has 1 unspecified atom stereocenters. The molecule has 1 atom stereocenters. The summed E-state index contributed by atoms with van der Waals surface area (Å²) in [5, 5.41) is 24.6. The first-order valence-corrected chi connectivity index (χ1v) is 6.17. The molecule has 0 spiro atoms. The van der Waals surface area contributed by atoms with Crippen molar-refractivity contribution >= 4 is 23.2 Å². The lowest BCUT2D eigenvalue weighted by Crippen LogP contribution is -2.30. The molecular weight excluding hydrogens is 283 g/mol. The molecule has 1 aliphatic rings. The fourth-order valence-electron chi connectivity index (χ4n) is 1.71. The second-order valence-corrected chi connectivity index (χ2v) is 4.32. The molecule has 1 aromatic rings. The Labute approximate surface area is 119 Å². The third-order valence-corrected chi connectivity index (χ3v) is 2.82. The number of anilines is 2. The maximum atomic E-state index is 12.9. The number of cyclic esters (lactones) is 1. The summed E-state index contributed by atoms with van der Waals surface area (Å²) < 4.78 is 17.6. The smallest absolute Gasteiger partial charge is 0.428 e. The number of hydrogen-bond acceptors (Lipinski definition) is 7. The molecular formula is C12H15FN4O4. The normalized spacial score (nSPS) is 15.6. The maximum Gasteiger partial charge on any atom is 0.428 e. The Morgan fingerprint density at radius 2 is 2.29 bits per heavy atom. The van der Waals surface area contributed by atoms with Gasteiger partial charge in [0.05, 0.1) is 24.1 Å². The number of carbonyl (C=O) groups excluding carboxylic acids is 1. The molecule has 0 aliphatic carbocycles. The lowest BCUT2D eigenvalue weighted by molar-refractivity contribution is 0.105. The minimum absolute atomic E-state index is 0.00639. The number of rotatable bonds is 6. The SMILES string of the molecule is O=C1NN=C(c2ccc(NCC(O)CO)c(NF)c2)CO1. The van der Waals surface area contributed by atoms with E-state index in [1.54, 1.807) is 12.1 Å². The molecule has 1 aromatic carbocycles. The van der Waals surface area contributed by atoms with Crippen molar-refractivity contribution in [3.63, 3.8) is 0 Å². The molecule has 0 fully saturated rings. The van der Waals surface area contributed by atoms with Gasteiger partial charge in [0.25, 0.3) is 0 Å². The van der Waals surface area contributed by atoms with Gasteiger partial charge in [0.15, 0.2) is 0 Å². The molecule has 0 aromatic heterocycles. The van der Waals surface area contributed by atoms with E-state index in [4.69, 9.17) is 9.84 Å². The van der Waals surface area contributed by atoms with Gasteiger partial charge < -0.3 is 20.3 Å². The predicted molar refractivity (Wildman–Crippen MR) is 73.8 cm³/mol. The number of ether oxygens (including phenoxy) is 1. The first kappa shape index (κ1) is 15.0. The Hall–Kier alpha value is -2.39. The van der Waals surface area contributed by atoms with Crippen molar-refractivity contribution in [1.82, 2.24) is 5.43 Å². The monoisotopic (exact) mass is 298 g/mol. The zero-order chi connectivity index (χ0) is 15.2. The molecule has 8 nitrogen and oxygen atoms in total. The van der Waals surface area contributed by atoms with Crippen molar-refractivity contribution < 1.29 is 24.2 Å². The van der Waals surface area contributed by atoms with E-state index in [2.05, 4.69) is 15.8 Å². The molecule has 1 heterocycles. The van der Waals surface area contributed by atoms with Crippen molar-refractivity contribution in [2.75, 3.05) is 30.6 Å². The zero-order valence-corrected chi connectivity index (χ0v) is 11.0. The van der Waals surface area contributed by atoms with E-state index in [-0.39, 0.29) is 18.8 Å². The molecule has 114 valence electrons. The molecule has 1 amide bonds. The number of carbonyl (C=O) groups is 1. The van der Waals surface area contributed by atoms with Gasteiger partial charge >= 0.3 is 6.09 Å². The summed E-state index contributed by atoms with van der Waals surface area (Å²) in [7, 11) is 0. The van der Waals surface area contributed by atoms with Crippen LogP contribution in [0.25, 0.3) is 0 Å². The minimum atomic E-state index is -0.941. The van der Waals surface area contributed by atoms with Crippen LogP contribution in [-0.2, 0) is 4.74 Å². The van der Waals surface area contributed by atoms with Crippen LogP contribution in [0.5, 0.6) is 0 Å². The van der Waals surface area contributed by atoms with E-state index in [0.29, 0.717) is 17.0 Å². The molecule has 21 heavy (non-hydrogen) atoms. The highest BCUT2D eigenvalue weighted by Gasteiger charge is 2.15. The summed E-state index contributed by atoms with van der Waals surface area (Å²) in [6, 6.07) is 4.72. The zero-order valence-electron chi connectivity index (χ0n) is 11.0. The average Bonchev–Trinajstić information content (AvgIpc) is 2.53. The number of benzene rings is 1. The van der Waals surface area contributed by atoms with Gasteiger partial charge in [0.1, 0.15) is 12.3 Å². The molecule has 2 rings (SSSR count). The van der Waals surface area contributed by atoms with Crippen LogP contribution in [0.4, 0.5) is 20.7 Å². The fourth-order valence-corrected chi connectivity index (χ4v) is 1.71. The van der Waals surface area contributed by atoms with Gasteiger partial charge in [-0.05, 0) is 12.1 Å². The average molecular weight is 298 g/mol. The van der Waals surface area contributed by atoms with Crippen LogP contribution in [0.15, 0.2) is 23.3 Å². The topological polar surface area (TPSA) is 115 Å². The molecule has 0 bridgehead atoms. The van der Waals surface area contributed by atoms with Crippen LogP contribution in [0.3, 0.4) is 0 Å². The van der Waals surface area contributed by atoms with Crippen LogP contribution in [0.2, 0.25) is 0 Å². The van der Waals surface area contributed by atoms with E-state index in [9.17, 15) is 14.4 Å². The Kier molecular flexibility index (Phi) is 4.90. The molecule has 0 saturated heterocycles. The van der Waals surface area contributed by atoms with Gasteiger partial charge in [-0.1, -0.05) is 6.07 Å². The summed E-state index contributed by atoms with van der Waals surface area (Å²) in [6.07, 6.45) is -1.58. The standard InChI is InChI=1S/C12H15FN4O4/c13-15-10-3-7(11-6-21-12(20)17-16-11)1-2-9(10)14-4-8(19)5-18/h1-3,8,14-15,18-19H,4-6H2,(H,17,20). The largest absolute Gasteiger partial charge is 0.442 e. The van der Waals surface area contributed by atoms with Crippen LogP contribution in [-0.4, -0.2) is 47.9 Å². The second kappa shape index (κ2) is 6.86. The molecule has 0 radical (unpaired) electrons. The molecule has 5 N–H and O–H groups in total. The number of nitrogens with one attached hydrogen (secondary N) is 3. The van der Waals surface area contributed by atoms with Crippen LogP contribution >= 0.6 is 0 Å². The van der Waals surface area contributed by atoms with E-state index < -0.39 is 18.8 Å². The summed E-state index contributed by atoms with van der Waals surface area (Å²) in [6.45, 7) is -0.324. The Morgan fingerprint density at radius 1 is 1.48 bits per heavy atom. The lowest BCUT2D eigenvalue weighted by Gasteiger charge is -2.16. The van der Waals surface area contributed by atoms with E-state index in [1.165, 1.54) is 11.6 Å². The summed E-state index contributed by atoms with van der Waals surface area (Å²) >= 11 is 0. The first-order chi connectivity index (χ1) is 10.1. The van der Waals surface area contributed by atoms with Crippen molar-refractivity contribution in [2.24, 2.45) is 5.10 Å². The number of hydrazone groups is 1. The fraction of sp³-hybridized carbons (Fsp3) is 0.333. The Balaban J connectivity index is 2.14. The van der Waals surface area contributed by atoms with E-state index in [1.807, 2.05) is 0 Å². The number of nitrogens with zero attached hydrogens (tertiary/aromatic N) is 1. The van der Waals surface area contributed by atoms with Crippen molar-refractivity contribution in [1.29, 1.82) is 0 Å². The maximum absolute atomic E-state index is 12.9. The third kappa shape index (κ3) is 3.80. The highest BCUT2D eigenvalue weighted by molar-refractivity contribution is 6.04. The van der Waals surface area contributed by atoms with Gasteiger partial charge in [0, 0.05) is 12.1 Å². The Bertz CT molecular complexity index is 552. The van der Waals surface area contributed by atoms with Gasteiger partial charge in [-0.25, -0.2) is 15.8 Å². The summed E-state index contributed by atoms with van der Waals surface area (Å²) in [4.78, 5) is 10.8.